The molecule has 3 aromatic rings. The number of H-pyrrole nitrogens is 1. The van der Waals surface area contributed by atoms with Gasteiger partial charge in [-0.2, -0.15) is 0 Å². The van der Waals surface area contributed by atoms with Crippen LogP contribution in [0.3, 0.4) is 0 Å². The van der Waals surface area contributed by atoms with E-state index in [1.54, 1.807) is 43.3 Å². The monoisotopic (exact) mass is 469 g/mol. The van der Waals surface area contributed by atoms with Crippen LogP contribution in [0.1, 0.15) is 30.0 Å². The van der Waals surface area contributed by atoms with Gasteiger partial charge >= 0.3 is 11.9 Å². The van der Waals surface area contributed by atoms with Crippen molar-refractivity contribution in [1.29, 1.82) is 0 Å². The van der Waals surface area contributed by atoms with E-state index in [1.165, 1.54) is 6.07 Å². The van der Waals surface area contributed by atoms with Crippen molar-refractivity contribution < 1.29 is 23.9 Å². The molecule has 1 aromatic heterocycles. The van der Waals surface area contributed by atoms with Crippen LogP contribution in [0.4, 0.5) is 5.69 Å². The maximum Gasteiger partial charge on any atom is 0.315 e. The molecule has 2 aromatic carbocycles. The van der Waals surface area contributed by atoms with Crippen molar-refractivity contribution in [3.8, 4) is 0 Å². The summed E-state index contributed by atoms with van der Waals surface area (Å²) in [6.07, 6.45) is 0. The second kappa shape index (κ2) is 9.03. The third-order valence-electron chi connectivity index (χ3n) is 5.54. The number of ether oxygens (including phenoxy) is 2. The van der Waals surface area contributed by atoms with Gasteiger partial charge < -0.3 is 19.8 Å². The van der Waals surface area contributed by atoms with Crippen molar-refractivity contribution in [2.24, 2.45) is 5.92 Å². The van der Waals surface area contributed by atoms with Crippen LogP contribution in [-0.4, -0.2) is 41.5 Å². The summed E-state index contributed by atoms with van der Waals surface area (Å²) < 4.78 is 10.2. The minimum Gasteiger partial charge on any atom is -0.468 e. The summed E-state index contributed by atoms with van der Waals surface area (Å²) in [5.74, 6) is -6.36. The number of esters is 2. The maximum atomic E-state index is 13.2. The fourth-order valence-corrected chi connectivity index (χ4v) is 4.31. The highest BCUT2D eigenvalue weighted by Gasteiger charge is 2.50. The first-order chi connectivity index (χ1) is 15.8. The Morgan fingerprint density at radius 2 is 1.91 bits per heavy atom. The zero-order chi connectivity index (χ0) is 23.7. The first-order valence-corrected chi connectivity index (χ1v) is 10.6. The van der Waals surface area contributed by atoms with E-state index >= 15 is 0 Å². The van der Waals surface area contributed by atoms with Crippen molar-refractivity contribution in [2.75, 3.05) is 19.0 Å². The second-order valence-corrected chi connectivity index (χ2v) is 7.88. The maximum absolute atomic E-state index is 13.2. The lowest BCUT2D eigenvalue weighted by Gasteiger charge is -2.27. The zero-order valence-corrected chi connectivity index (χ0v) is 18.5. The summed E-state index contributed by atoms with van der Waals surface area (Å²) in [4.78, 5) is 59.2. The van der Waals surface area contributed by atoms with E-state index in [4.69, 9.17) is 21.1 Å². The standard InChI is InChI=1S/C23H20ClN3O6/c1-3-33-23(31)17(16-12-10-11(24)8-9-13(12)26-20(16)28)18(22(30)32-2)19-21(29)27-15-7-5-4-6-14(15)25-19/h4-10,16-18H,3H2,1-2H3,(H,26,28)(H,27,29). The lowest BCUT2D eigenvalue weighted by atomic mass is 9.76. The molecule has 3 unspecified atom stereocenters. The average Bonchev–Trinajstić information content (AvgIpc) is 3.11. The van der Waals surface area contributed by atoms with Gasteiger partial charge in [0.2, 0.25) is 5.91 Å². The van der Waals surface area contributed by atoms with Gasteiger partial charge in [0, 0.05) is 10.7 Å². The Morgan fingerprint density at radius 1 is 1.15 bits per heavy atom. The Kier molecular flexibility index (Phi) is 6.15. The molecule has 2 heterocycles. The molecule has 1 amide bonds. The number of amides is 1. The largest absolute Gasteiger partial charge is 0.468 e. The molecule has 10 heteroatoms. The van der Waals surface area contributed by atoms with E-state index in [9.17, 15) is 19.2 Å². The van der Waals surface area contributed by atoms with Gasteiger partial charge in [0.25, 0.3) is 5.56 Å². The molecule has 9 nitrogen and oxygen atoms in total. The van der Waals surface area contributed by atoms with Crippen molar-refractivity contribution in [3.63, 3.8) is 0 Å². The number of fused-ring (bicyclic) bond motifs is 2. The van der Waals surface area contributed by atoms with Crippen molar-refractivity contribution in [3.05, 3.63) is 69.1 Å². The number of benzene rings is 2. The molecular weight excluding hydrogens is 450 g/mol. The molecule has 170 valence electrons. The fraction of sp³-hybridized carbons (Fsp3) is 0.261. The number of anilines is 1. The van der Waals surface area contributed by atoms with Gasteiger partial charge in [0.1, 0.15) is 11.6 Å². The highest BCUT2D eigenvalue weighted by Crippen LogP contribution is 2.44. The minimum atomic E-state index is -1.51. The summed E-state index contributed by atoms with van der Waals surface area (Å²) in [5.41, 5.74) is 0.801. The number of methoxy groups -OCH3 is 1. The van der Waals surface area contributed by atoms with Crippen LogP contribution in [0.5, 0.6) is 0 Å². The van der Waals surface area contributed by atoms with E-state index < -0.39 is 41.2 Å². The molecule has 0 spiro atoms. The topological polar surface area (TPSA) is 127 Å². The normalized spacial score (nSPS) is 16.6. The molecule has 2 N–H and O–H groups in total. The lowest BCUT2D eigenvalue weighted by molar-refractivity contribution is -0.157. The fourth-order valence-electron chi connectivity index (χ4n) is 4.13. The number of hydrogen-bond donors (Lipinski definition) is 2. The van der Waals surface area contributed by atoms with E-state index in [0.717, 1.165) is 7.11 Å². The average molecular weight is 470 g/mol. The van der Waals surface area contributed by atoms with Gasteiger partial charge in [-0.15, -0.1) is 0 Å². The Morgan fingerprint density at radius 3 is 2.64 bits per heavy atom. The first kappa shape index (κ1) is 22.5. The second-order valence-electron chi connectivity index (χ2n) is 7.45. The molecule has 33 heavy (non-hydrogen) atoms. The number of carbonyl (C=O) groups excluding carboxylic acids is 3. The van der Waals surface area contributed by atoms with Gasteiger partial charge in [-0.1, -0.05) is 23.7 Å². The molecule has 0 saturated carbocycles. The van der Waals surface area contributed by atoms with Gasteiger partial charge in [0.15, 0.2) is 0 Å². The van der Waals surface area contributed by atoms with Gasteiger partial charge in [-0.05, 0) is 42.8 Å². The number of halogens is 1. The van der Waals surface area contributed by atoms with E-state index in [0.29, 0.717) is 27.3 Å². The van der Waals surface area contributed by atoms with E-state index in [-0.39, 0.29) is 12.3 Å². The first-order valence-electron chi connectivity index (χ1n) is 10.2. The number of nitrogens with zero attached hydrogens (tertiary/aromatic N) is 1. The predicted octanol–water partition coefficient (Wildman–Crippen LogP) is 2.75. The predicted molar refractivity (Wildman–Crippen MR) is 120 cm³/mol. The number of hydrogen-bond acceptors (Lipinski definition) is 7. The smallest absolute Gasteiger partial charge is 0.315 e. The molecule has 0 saturated heterocycles. The van der Waals surface area contributed by atoms with Crippen LogP contribution >= 0.6 is 11.6 Å². The van der Waals surface area contributed by atoms with Crippen molar-refractivity contribution >= 4 is 46.2 Å². The lowest BCUT2D eigenvalue weighted by Crippen LogP contribution is -2.40. The zero-order valence-electron chi connectivity index (χ0n) is 17.8. The van der Waals surface area contributed by atoms with Crippen molar-refractivity contribution in [2.45, 2.75) is 18.8 Å². The number of aromatic amines is 1. The number of rotatable bonds is 6. The third kappa shape index (κ3) is 4.07. The summed E-state index contributed by atoms with van der Waals surface area (Å²) in [5, 5.41) is 3.04. The Balaban J connectivity index is 1.95. The van der Waals surface area contributed by atoms with Crippen LogP contribution in [0, 0.1) is 5.92 Å². The number of aromatic nitrogens is 2. The molecule has 0 radical (unpaired) electrons. The summed E-state index contributed by atoms with van der Waals surface area (Å²) in [7, 11) is 1.13. The molecule has 3 atom stereocenters. The highest BCUT2D eigenvalue weighted by atomic mass is 35.5. The SMILES string of the molecule is CCOC(=O)C(C1C(=O)Nc2ccc(Cl)cc21)C(C(=O)OC)c1nc2ccccc2[nH]c1=O. The Hall–Kier alpha value is -3.72. The van der Waals surface area contributed by atoms with Crippen LogP contribution in [-0.2, 0) is 23.9 Å². The molecule has 0 bridgehead atoms. The summed E-state index contributed by atoms with van der Waals surface area (Å²) in [6.45, 7) is 1.60. The number of para-hydroxylation sites is 2. The summed E-state index contributed by atoms with van der Waals surface area (Å²) in [6, 6.07) is 11.5. The van der Waals surface area contributed by atoms with Gasteiger partial charge in [-0.25, -0.2) is 4.98 Å². The highest BCUT2D eigenvalue weighted by molar-refractivity contribution is 6.31. The molecule has 0 fully saturated rings. The molecule has 1 aliphatic rings. The molecule has 0 aliphatic carbocycles. The van der Waals surface area contributed by atoms with Crippen LogP contribution in [0.25, 0.3) is 11.0 Å². The molecule has 1 aliphatic heterocycles. The number of nitrogens with one attached hydrogen (secondary N) is 2. The van der Waals surface area contributed by atoms with Gasteiger partial charge in [0.05, 0.1) is 36.6 Å². The van der Waals surface area contributed by atoms with Crippen LogP contribution < -0.4 is 10.9 Å². The Labute approximate surface area is 193 Å². The number of carbonyl (C=O) groups is 3. The molecular formula is C23H20ClN3O6. The van der Waals surface area contributed by atoms with E-state index in [2.05, 4.69) is 15.3 Å². The van der Waals surface area contributed by atoms with Crippen LogP contribution in [0.15, 0.2) is 47.3 Å². The Bertz CT molecular complexity index is 1320. The van der Waals surface area contributed by atoms with Gasteiger partial charge in [-0.3, -0.25) is 19.2 Å². The summed E-state index contributed by atoms with van der Waals surface area (Å²) >= 11 is 6.14. The van der Waals surface area contributed by atoms with Crippen LogP contribution in [0.2, 0.25) is 5.02 Å². The van der Waals surface area contributed by atoms with E-state index in [1.807, 2.05) is 0 Å². The van der Waals surface area contributed by atoms with Crippen molar-refractivity contribution in [1.82, 2.24) is 9.97 Å². The molecule has 4 rings (SSSR count). The quantitative estimate of drug-likeness (QED) is 0.531. The minimum absolute atomic E-state index is 0.00146. The third-order valence-corrected chi connectivity index (χ3v) is 5.78.